The van der Waals surface area contributed by atoms with Crippen LogP contribution in [0.3, 0.4) is 0 Å². The van der Waals surface area contributed by atoms with Gasteiger partial charge in [-0.1, -0.05) is 0 Å². The lowest BCUT2D eigenvalue weighted by molar-refractivity contribution is -0.138. The summed E-state index contributed by atoms with van der Waals surface area (Å²) in [5.74, 6) is -0.0136. The fraction of sp³-hybridized carbons (Fsp3) is 0.292. The molecule has 12 heteroatoms. The lowest BCUT2D eigenvalue weighted by Crippen LogP contribution is -2.21. The molecule has 186 valence electrons. The molecule has 1 aliphatic rings. The zero-order valence-corrected chi connectivity index (χ0v) is 19.4. The number of halogens is 4. The molecule has 0 spiro atoms. The maximum atomic E-state index is 13.9. The van der Waals surface area contributed by atoms with Crippen molar-refractivity contribution in [1.82, 2.24) is 34.3 Å². The number of alkyl halides is 3. The van der Waals surface area contributed by atoms with Gasteiger partial charge in [0.15, 0.2) is 5.82 Å². The molecular formula is C24H21F4N7O. The van der Waals surface area contributed by atoms with Gasteiger partial charge < -0.3 is 4.74 Å². The van der Waals surface area contributed by atoms with Crippen molar-refractivity contribution in [1.29, 1.82) is 0 Å². The molecule has 36 heavy (non-hydrogen) atoms. The third kappa shape index (κ3) is 4.58. The van der Waals surface area contributed by atoms with Crippen molar-refractivity contribution in [3.05, 3.63) is 76.9 Å². The molecule has 0 saturated carbocycles. The second-order valence-electron chi connectivity index (χ2n) is 8.36. The number of methoxy groups -OCH3 is 1. The Morgan fingerprint density at radius 1 is 1.14 bits per heavy atom. The third-order valence-electron chi connectivity index (χ3n) is 5.88. The molecule has 0 N–H and O–H groups in total. The third-order valence-corrected chi connectivity index (χ3v) is 5.88. The van der Waals surface area contributed by atoms with E-state index in [1.54, 1.807) is 40.1 Å². The molecule has 4 heterocycles. The molecule has 1 aliphatic heterocycles. The Morgan fingerprint density at radius 2 is 1.97 bits per heavy atom. The molecule has 4 aromatic rings. The van der Waals surface area contributed by atoms with Gasteiger partial charge in [0, 0.05) is 18.7 Å². The summed E-state index contributed by atoms with van der Waals surface area (Å²) >= 11 is 0. The number of nitrogens with zero attached hydrogens (tertiary/aromatic N) is 7. The second-order valence-corrected chi connectivity index (χ2v) is 8.36. The van der Waals surface area contributed by atoms with Gasteiger partial charge in [-0.25, -0.2) is 29.0 Å². The van der Waals surface area contributed by atoms with Crippen LogP contribution in [-0.2, 0) is 12.7 Å². The Labute approximate surface area is 203 Å². The van der Waals surface area contributed by atoms with E-state index in [1.165, 1.54) is 7.11 Å². The number of imidazole rings is 1. The molecule has 3 aromatic heterocycles. The van der Waals surface area contributed by atoms with Gasteiger partial charge in [0.05, 0.1) is 30.3 Å². The normalized spacial score (nSPS) is 15.9. The Balaban J connectivity index is 1.45. The minimum absolute atomic E-state index is 0.132. The van der Waals surface area contributed by atoms with E-state index >= 15 is 0 Å². The summed E-state index contributed by atoms with van der Waals surface area (Å²) in [5, 5.41) is 4.42. The van der Waals surface area contributed by atoms with Gasteiger partial charge in [0.1, 0.15) is 18.0 Å². The number of hydrogen-bond acceptors (Lipinski definition) is 6. The second kappa shape index (κ2) is 9.17. The van der Waals surface area contributed by atoms with Crippen molar-refractivity contribution >= 4 is 12.2 Å². The molecule has 0 bridgehead atoms. The largest absolute Gasteiger partial charge is 0.478 e. The highest BCUT2D eigenvalue weighted by atomic mass is 19.4. The van der Waals surface area contributed by atoms with Crippen molar-refractivity contribution in [2.45, 2.75) is 38.4 Å². The van der Waals surface area contributed by atoms with Crippen LogP contribution in [0.15, 0.2) is 36.9 Å². The molecule has 8 nitrogen and oxygen atoms in total. The first kappa shape index (κ1) is 23.6. The molecule has 0 unspecified atom stereocenters. The Hall–Kier alpha value is -4.09. The highest BCUT2D eigenvalue weighted by Gasteiger charge is 2.37. The Bertz CT molecular complexity index is 1440. The summed E-state index contributed by atoms with van der Waals surface area (Å²) in [4.78, 5) is 17.5. The maximum Gasteiger partial charge on any atom is 0.416 e. The molecule has 0 amide bonds. The van der Waals surface area contributed by atoms with E-state index in [2.05, 4.69) is 25.0 Å². The van der Waals surface area contributed by atoms with Gasteiger partial charge in [0.2, 0.25) is 5.82 Å². The number of fused-ring (bicyclic) bond motifs is 1. The van der Waals surface area contributed by atoms with Crippen LogP contribution in [0.4, 0.5) is 17.6 Å². The first-order chi connectivity index (χ1) is 17.2. The summed E-state index contributed by atoms with van der Waals surface area (Å²) in [5.41, 5.74) is 0.295. The summed E-state index contributed by atoms with van der Waals surface area (Å²) in [6.45, 7) is 2.36. The highest BCUT2D eigenvalue weighted by molar-refractivity contribution is 5.64. The zero-order valence-electron chi connectivity index (χ0n) is 19.4. The van der Waals surface area contributed by atoms with Crippen LogP contribution >= 0.6 is 0 Å². The average molecular weight is 499 g/mol. The van der Waals surface area contributed by atoms with E-state index in [9.17, 15) is 17.6 Å². The van der Waals surface area contributed by atoms with Crippen LogP contribution in [0.25, 0.3) is 18.0 Å². The monoisotopic (exact) mass is 499 g/mol. The number of benzene rings is 1. The molecule has 0 saturated heterocycles. The lowest BCUT2D eigenvalue weighted by atomic mass is 9.87. The van der Waals surface area contributed by atoms with E-state index in [-0.39, 0.29) is 11.4 Å². The summed E-state index contributed by atoms with van der Waals surface area (Å²) in [7, 11) is 1.48. The molecular weight excluding hydrogens is 478 g/mol. The Kier molecular flexibility index (Phi) is 6.02. The highest BCUT2D eigenvalue weighted by Crippen LogP contribution is 2.40. The molecule has 5 rings (SSSR count). The summed E-state index contributed by atoms with van der Waals surface area (Å²) in [6.07, 6.45) is 4.58. The predicted octanol–water partition coefficient (Wildman–Crippen LogP) is 4.82. The van der Waals surface area contributed by atoms with Crippen molar-refractivity contribution in [2.75, 3.05) is 7.11 Å². The number of aromatic nitrogens is 7. The topological polar surface area (TPSA) is 83.5 Å². The minimum Gasteiger partial charge on any atom is -0.478 e. The van der Waals surface area contributed by atoms with Crippen LogP contribution in [0.2, 0.25) is 0 Å². The average Bonchev–Trinajstić information content (AvgIpc) is 3.47. The quantitative estimate of drug-likeness (QED) is 0.366. The van der Waals surface area contributed by atoms with Crippen LogP contribution in [-0.4, -0.2) is 41.4 Å². The lowest BCUT2D eigenvalue weighted by Gasteiger charge is -2.25. The van der Waals surface area contributed by atoms with Crippen LogP contribution in [0, 0.1) is 12.7 Å². The van der Waals surface area contributed by atoms with Gasteiger partial charge in [-0.15, -0.1) is 0 Å². The Morgan fingerprint density at radius 3 is 2.69 bits per heavy atom. The van der Waals surface area contributed by atoms with Crippen molar-refractivity contribution < 1.29 is 22.3 Å². The van der Waals surface area contributed by atoms with E-state index in [4.69, 9.17) is 4.74 Å². The van der Waals surface area contributed by atoms with Crippen LogP contribution in [0.1, 0.15) is 52.9 Å². The molecule has 0 radical (unpaired) electrons. The predicted molar refractivity (Wildman–Crippen MR) is 122 cm³/mol. The minimum atomic E-state index is -4.60. The number of ether oxygens (including phenoxy) is 1. The van der Waals surface area contributed by atoms with Gasteiger partial charge in [0.25, 0.3) is 5.88 Å². The zero-order chi connectivity index (χ0) is 25.4. The first-order valence-corrected chi connectivity index (χ1v) is 11.1. The number of rotatable bonds is 5. The van der Waals surface area contributed by atoms with Crippen LogP contribution < -0.4 is 4.74 Å². The van der Waals surface area contributed by atoms with Crippen molar-refractivity contribution in [3.63, 3.8) is 0 Å². The molecule has 1 atom stereocenters. The van der Waals surface area contributed by atoms with Gasteiger partial charge in [-0.3, -0.25) is 4.57 Å². The molecule has 1 aromatic carbocycles. The van der Waals surface area contributed by atoms with E-state index in [0.29, 0.717) is 42.5 Å². The molecule has 0 fully saturated rings. The van der Waals surface area contributed by atoms with Crippen molar-refractivity contribution in [2.24, 2.45) is 0 Å². The van der Waals surface area contributed by atoms with Crippen LogP contribution in [0.5, 0.6) is 5.88 Å². The van der Waals surface area contributed by atoms with E-state index < -0.39 is 23.5 Å². The SMILES string of the molecule is COc1nc(/C=C/c2nc3n(n2)CCC[C@H]3c2cc(F)ccc2C(F)(F)F)cnc1-n1cnc(C)c1. The van der Waals surface area contributed by atoms with Gasteiger partial charge >= 0.3 is 6.18 Å². The van der Waals surface area contributed by atoms with Gasteiger partial charge in [-0.05, 0) is 55.7 Å². The smallest absolute Gasteiger partial charge is 0.416 e. The fourth-order valence-corrected chi connectivity index (χ4v) is 4.28. The first-order valence-electron chi connectivity index (χ1n) is 11.1. The van der Waals surface area contributed by atoms with Gasteiger partial charge in [-0.2, -0.15) is 18.3 Å². The van der Waals surface area contributed by atoms with E-state index in [1.807, 2.05) is 6.92 Å². The maximum absolute atomic E-state index is 13.9. The van der Waals surface area contributed by atoms with Crippen molar-refractivity contribution in [3.8, 4) is 11.7 Å². The number of hydrogen-bond donors (Lipinski definition) is 0. The molecule has 0 aliphatic carbocycles. The summed E-state index contributed by atoms with van der Waals surface area (Å²) < 4.78 is 63.4. The summed E-state index contributed by atoms with van der Waals surface area (Å²) in [6, 6.07) is 2.54. The number of aryl methyl sites for hydroxylation is 2. The fourth-order valence-electron chi connectivity index (χ4n) is 4.28. The van der Waals surface area contributed by atoms with E-state index in [0.717, 1.165) is 23.9 Å². The standard InChI is InChI=1S/C24H21F4N7O/c1-14-12-34(13-30-14)22-23(36-2)31-16(11-29-22)6-8-20-32-21-17(4-3-9-35(21)33-20)18-10-15(25)5-7-19(18)24(26,27)28/h5-8,10-13,17H,3-4,9H2,1-2H3/b8-6+/t17-/m0/s1.